The lowest BCUT2D eigenvalue weighted by Gasteiger charge is -2.26. The van der Waals surface area contributed by atoms with Crippen LogP contribution in [0.25, 0.3) is 0 Å². The lowest BCUT2D eigenvalue weighted by atomic mass is 10.1. The van der Waals surface area contributed by atoms with E-state index in [4.69, 9.17) is 14.2 Å². The summed E-state index contributed by atoms with van der Waals surface area (Å²) in [4.78, 5) is 24.9. The highest BCUT2D eigenvalue weighted by atomic mass is 16.5. The molecule has 4 aromatic rings. The van der Waals surface area contributed by atoms with Gasteiger partial charge in [-0.05, 0) is 71.8 Å². The molecule has 0 spiro atoms. The molecule has 0 saturated carbocycles. The maximum Gasteiger partial charge on any atom is 0.330 e. The zero-order chi connectivity index (χ0) is 26.7. The Kier molecular flexibility index (Phi) is 8.71. The van der Waals surface area contributed by atoms with Crippen molar-refractivity contribution in [2.45, 2.75) is 13.2 Å². The number of anilines is 3. The van der Waals surface area contributed by atoms with Crippen LogP contribution >= 0.6 is 0 Å². The van der Waals surface area contributed by atoms with Gasteiger partial charge in [-0.25, -0.2) is 9.59 Å². The van der Waals surface area contributed by atoms with Crippen molar-refractivity contribution in [3.63, 3.8) is 0 Å². The van der Waals surface area contributed by atoms with Gasteiger partial charge in [-0.1, -0.05) is 55.6 Å². The van der Waals surface area contributed by atoms with E-state index < -0.39 is 11.9 Å². The fraction of sp³-hybridized carbons (Fsp3) is 0.0625. The minimum absolute atomic E-state index is 0.161. The van der Waals surface area contributed by atoms with Crippen LogP contribution in [0, 0.1) is 0 Å². The van der Waals surface area contributed by atoms with Crippen molar-refractivity contribution in [3.8, 4) is 11.5 Å². The second-order valence-corrected chi connectivity index (χ2v) is 8.20. The highest BCUT2D eigenvalue weighted by Crippen LogP contribution is 2.36. The van der Waals surface area contributed by atoms with Gasteiger partial charge in [0.25, 0.3) is 0 Å². The molecule has 0 radical (unpaired) electrons. The topological polar surface area (TPSA) is 65.1 Å². The molecule has 4 aromatic carbocycles. The first-order chi connectivity index (χ1) is 18.6. The predicted octanol–water partition coefficient (Wildman–Crippen LogP) is 7.41. The maximum atomic E-state index is 11.4. The number of nitrogens with zero attached hydrogens (tertiary/aromatic N) is 1. The molecule has 4 rings (SSSR count). The van der Waals surface area contributed by atoms with Crippen LogP contribution in [0.4, 0.5) is 17.1 Å². The Balaban J connectivity index is 1.60. The average Bonchev–Trinajstić information content (AvgIpc) is 2.97. The highest BCUT2D eigenvalue weighted by molar-refractivity contribution is 5.81. The summed E-state index contributed by atoms with van der Waals surface area (Å²) in [6, 6.07) is 32.9. The summed E-state index contributed by atoms with van der Waals surface area (Å²) >= 11 is 0. The molecule has 6 nitrogen and oxygen atoms in total. The van der Waals surface area contributed by atoms with E-state index in [1.165, 1.54) is 0 Å². The normalized spacial score (nSPS) is 10.2. The Hall–Kier alpha value is -5.10. The zero-order valence-corrected chi connectivity index (χ0v) is 20.8. The molecule has 0 fully saturated rings. The monoisotopic (exact) mass is 505 g/mol. The first-order valence-corrected chi connectivity index (χ1v) is 11.9. The van der Waals surface area contributed by atoms with Crippen molar-refractivity contribution >= 4 is 29.0 Å². The fourth-order valence-corrected chi connectivity index (χ4v) is 3.64. The van der Waals surface area contributed by atoms with E-state index in [0.29, 0.717) is 0 Å². The van der Waals surface area contributed by atoms with Crippen LogP contribution in [0.3, 0.4) is 0 Å². The van der Waals surface area contributed by atoms with Gasteiger partial charge in [0.05, 0.1) is 0 Å². The van der Waals surface area contributed by atoms with Crippen molar-refractivity contribution in [1.29, 1.82) is 0 Å². The third-order valence-electron chi connectivity index (χ3n) is 5.56. The number of carbonyl (C=O) groups excluding carboxylic acids is 2. The molecule has 0 N–H and O–H groups in total. The number of hydrogen-bond donors (Lipinski definition) is 0. The standard InChI is InChI=1S/C32H27NO5/c1-3-31(34)36-22-24-10-14-26(15-11-24)33(27-16-12-25(13-17-27)23-37-32(35)4-2)28-18-20-30(21-19-28)38-29-8-6-5-7-9-29/h3-21H,1-2,22-23H2. The van der Waals surface area contributed by atoms with Gasteiger partial charge in [0.1, 0.15) is 24.7 Å². The van der Waals surface area contributed by atoms with Crippen LogP contribution in [0.5, 0.6) is 11.5 Å². The third-order valence-corrected chi connectivity index (χ3v) is 5.56. The van der Waals surface area contributed by atoms with Crippen molar-refractivity contribution in [2.24, 2.45) is 0 Å². The van der Waals surface area contributed by atoms with Gasteiger partial charge in [0, 0.05) is 29.2 Å². The van der Waals surface area contributed by atoms with Crippen molar-refractivity contribution in [1.82, 2.24) is 0 Å². The van der Waals surface area contributed by atoms with Crippen LogP contribution in [0.1, 0.15) is 11.1 Å². The molecule has 0 saturated heterocycles. The van der Waals surface area contributed by atoms with Crippen LogP contribution in [-0.2, 0) is 32.3 Å². The third kappa shape index (κ3) is 6.98. The molecule has 0 unspecified atom stereocenters. The summed E-state index contributed by atoms with van der Waals surface area (Å²) in [5.41, 5.74) is 4.45. The number of esters is 2. The highest BCUT2D eigenvalue weighted by Gasteiger charge is 2.14. The maximum absolute atomic E-state index is 11.4. The molecule has 0 aliphatic rings. The number of benzene rings is 4. The van der Waals surface area contributed by atoms with E-state index in [0.717, 1.165) is 51.8 Å². The minimum atomic E-state index is -0.465. The van der Waals surface area contributed by atoms with Gasteiger partial charge in [-0.3, -0.25) is 0 Å². The molecule has 6 heteroatoms. The molecule has 0 atom stereocenters. The first kappa shape index (κ1) is 26.0. The van der Waals surface area contributed by atoms with Gasteiger partial charge >= 0.3 is 11.9 Å². The van der Waals surface area contributed by atoms with Crippen LogP contribution in [-0.4, -0.2) is 11.9 Å². The molecular weight excluding hydrogens is 478 g/mol. The molecule has 0 aliphatic carbocycles. The van der Waals surface area contributed by atoms with Crippen LogP contribution < -0.4 is 9.64 Å². The van der Waals surface area contributed by atoms with E-state index in [-0.39, 0.29) is 13.2 Å². The number of hydrogen-bond acceptors (Lipinski definition) is 6. The minimum Gasteiger partial charge on any atom is -0.458 e. The fourth-order valence-electron chi connectivity index (χ4n) is 3.64. The van der Waals surface area contributed by atoms with E-state index in [2.05, 4.69) is 18.1 Å². The Bertz CT molecular complexity index is 1310. The summed E-state index contributed by atoms with van der Waals surface area (Å²) in [5, 5.41) is 0. The van der Waals surface area contributed by atoms with Crippen molar-refractivity contribution in [2.75, 3.05) is 4.90 Å². The largest absolute Gasteiger partial charge is 0.458 e. The van der Waals surface area contributed by atoms with Crippen LogP contribution in [0.15, 0.2) is 128 Å². The molecule has 0 amide bonds. The average molecular weight is 506 g/mol. The van der Waals surface area contributed by atoms with Gasteiger partial charge in [-0.15, -0.1) is 0 Å². The number of rotatable bonds is 11. The van der Waals surface area contributed by atoms with Crippen LogP contribution in [0.2, 0.25) is 0 Å². The summed E-state index contributed by atoms with van der Waals surface area (Å²) in [5.74, 6) is 0.552. The SMILES string of the molecule is C=CC(=O)OCc1ccc(N(c2ccc(COC(=O)C=C)cc2)c2ccc(Oc3ccccc3)cc2)cc1. The van der Waals surface area contributed by atoms with Crippen molar-refractivity contribution < 1.29 is 23.8 Å². The molecule has 190 valence electrons. The number of ether oxygens (including phenoxy) is 3. The van der Waals surface area contributed by atoms with Gasteiger partial charge in [-0.2, -0.15) is 0 Å². The Morgan fingerprint density at radius 2 is 0.974 bits per heavy atom. The number of para-hydroxylation sites is 1. The van der Waals surface area contributed by atoms with Gasteiger partial charge in [0.15, 0.2) is 0 Å². The van der Waals surface area contributed by atoms with Gasteiger partial charge in [0.2, 0.25) is 0 Å². The lowest BCUT2D eigenvalue weighted by molar-refractivity contribution is -0.139. The first-order valence-electron chi connectivity index (χ1n) is 11.9. The summed E-state index contributed by atoms with van der Waals surface area (Å²) in [6.07, 6.45) is 2.28. The quantitative estimate of drug-likeness (QED) is 0.156. The molecule has 0 bridgehead atoms. The van der Waals surface area contributed by atoms with E-state index in [9.17, 15) is 9.59 Å². The molecular formula is C32H27NO5. The zero-order valence-electron chi connectivity index (χ0n) is 20.8. The Morgan fingerprint density at radius 1 is 0.579 bits per heavy atom. The second-order valence-electron chi connectivity index (χ2n) is 8.20. The molecule has 0 heterocycles. The molecule has 0 aliphatic heterocycles. The van der Waals surface area contributed by atoms with E-state index in [1.54, 1.807) is 0 Å². The van der Waals surface area contributed by atoms with Gasteiger partial charge < -0.3 is 19.1 Å². The predicted molar refractivity (Wildman–Crippen MR) is 148 cm³/mol. The smallest absolute Gasteiger partial charge is 0.330 e. The summed E-state index contributed by atoms with van der Waals surface area (Å²) < 4.78 is 16.2. The Labute approximate surface area is 222 Å². The summed E-state index contributed by atoms with van der Waals surface area (Å²) in [6.45, 7) is 7.16. The van der Waals surface area contributed by atoms with E-state index >= 15 is 0 Å². The number of carbonyl (C=O) groups is 2. The summed E-state index contributed by atoms with van der Waals surface area (Å²) in [7, 11) is 0. The second kappa shape index (κ2) is 12.7. The van der Waals surface area contributed by atoms with E-state index in [1.807, 2.05) is 103 Å². The van der Waals surface area contributed by atoms with Crippen molar-refractivity contribution in [3.05, 3.63) is 140 Å². The Morgan fingerprint density at radius 3 is 1.39 bits per heavy atom. The lowest BCUT2D eigenvalue weighted by Crippen LogP contribution is -2.10. The molecule has 0 aromatic heterocycles. The molecule has 38 heavy (non-hydrogen) atoms.